The molecule has 16 heavy (non-hydrogen) atoms. The van der Waals surface area contributed by atoms with Crippen molar-refractivity contribution < 1.29 is 4.74 Å². The number of hydrogen-bond donors (Lipinski definition) is 1. The highest BCUT2D eigenvalue weighted by Gasteiger charge is 2.13. The van der Waals surface area contributed by atoms with Crippen molar-refractivity contribution in [1.82, 2.24) is 9.97 Å². The zero-order chi connectivity index (χ0) is 12.1. The molecule has 0 amide bonds. The van der Waals surface area contributed by atoms with E-state index in [1.807, 2.05) is 0 Å². The molecule has 0 bridgehead atoms. The van der Waals surface area contributed by atoms with Crippen LogP contribution in [-0.2, 0) is 0 Å². The van der Waals surface area contributed by atoms with E-state index in [9.17, 15) is 0 Å². The third-order valence-electron chi connectivity index (χ3n) is 2.46. The fourth-order valence-corrected chi connectivity index (χ4v) is 1.82. The van der Waals surface area contributed by atoms with Crippen molar-refractivity contribution in [2.45, 2.75) is 33.2 Å². The molecule has 90 valence electrons. The summed E-state index contributed by atoms with van der Waals surface area (Å²) >= 11 is 3.33. The maximum absolute atomic E-state index is 5.12. The maximum Gasteiger partial charge on any atom is 0.232 e. The number of hydrogen-bond acceptors (Lipinski definition) is 4. The van der Waals surface area contributed by atoms with Gasteiger partial charge in [-0.25, -0.2) is 4.98 Å². The molecular weight excluding hydrogens is 270 g/mol. The largest absolute Gasteiger partial charge is 0.480 e. The van der Waals surface area contributed by atoms with Crippen LogP contribution in [0.2, 0.25) is 0 Å². The first-order valence-electron chi connectivity index (χ1n) is 5.41. The van der Waals surface area contributed by atoms with Crippen LogP contribution in [-0.4, -0.2) is 23.1 Å². The summed E-state index contributed by atoms with van der Waals surface area (Å²) in [6.45, 7) is 6.50. The van der Waals surface area contributed by atoms with Gasteiger partial charge in [0.1, 0.15) is 0 Å². The van der Waals surface area contributed by atoms with Crippen LogP contribution >= 0.6 is 15.9 Å². The van der Waals surface area contributed by atoms with Gasteiger partial charge in [-0.3, -0.25) is 0 Å². The lowest BCUT2D eigenvalue weighted by molar-refractivity contribution is 0.394. The van der Waals surface area contributed by atoms with Crippen LogP contribution in [0.25, 0.3) is 0 Å². The summed E-state index contributed by atoms with van der Waals surface area (Å²) in [6.07, 6.45) is 2.74. The van der Waals surface area contributed by atoms with Crippen LogP contribution in [0.5, 0.6) is 5.88 Å². The second-order valence-corrected chi connectivity index (χ2v) is 4.81. The van der Waals surface area contributed by atoms with E-state index in [2.05, 4.69) is 52.0 Å². The molecule has 1 heterocycles. The van der Waals surface area contributed by atoms with Crippen LogP contribution in [0, 0.1) is 5.92 Å². The van der Waals surface area contributed by atoms with E-state index in [0.717, 1.165) is 10.9 Å². The van der Waals surface area contributed by atoms with Crippen LogP contribution in [0.3, 0.4) is 0 Å². The standard InChI is InChI=1S/C11H18BrN3O/c1-5-9(7(2)3)14-11-13-6-8(12)10(15-11)16-4/h6-7,9H,5H2,1-4H3,(H,13,14,15). The maximum atomic E-state index is 5.12. The van der Waals surface area contributed by atoms with Gasteiger partial charge in [-0.05, 0) is 28.3 Å². The average molecular weight is 288 g/mol. The zero-order valence-corrected chi connectivity index (χ0v) is 11.7. The number of methoxy groups -OCH3 is 1. The highest BCUT2D eigenvalue weighted by atomic mass is 79.9. The number of rotatable bonds is 5. The first kappa shape index (κ1) is 13.2. The molecule has 4 nitrogen and oxygen atoms in total. The van der Waals surface area contributed by atoms with Gasteiger partial charge < -0.3 is 10.1 Å². The molecule has 0 aliphatic heterocycles. The van der Waals surface area contributed by atoms with Gasteiger partial charge in [-0.2, -0.15) is 4.98 Å². The minimum absolute atomic E-state index is 0.380. The Kier molecular flexibility index (Phi) is 4.99. The predicted octanol–water partition coefficient (Wildman–Crippen LogP) is 3.09. The normalized spacial score (nSPS) is 12.6. The molecular formula is C11H18BrN3O. The van der Waals surface area contributed by atoms with Crippen molar-refractivity contribution in [3.63, 3.8) is 0 Å². The number of ether oxygens (including phenoxy) is 1. The van der Waals surface area contributed by atoms with Crippen LogP contribution < -0.4 is 10.1 Å². The lowest BCUT2D eigenvalue weighted by Gasteiger charge is -2.20. The molecule has 0 aliphatic carbocycles. The minimum Gasteiger partial charge on any atom is -0.480 e. The lowest BCUT2D eigenvalue weighted by Crippen LogP contribution is -2.25. The van der Waals surface area contributed by atoms with E-state index < -0.39 is 0 Å². The van der Waals surface area contributed by atoms with Gasteiger partial charge in [0.05, 0.1) is 17.8 Å². The minimum atomic E-state index is 0.380. The topological polar surface area (TPSA) is 47.0 Å². The molecule has 1 aromatic rings. The number of halogens is 1. The van der Waals surface area contributed by atoms with Gasteiger partial charge in [0.25, 0.3) is 0 Å². The Bertz CT molecular complexity index is 344. The molecule has 1 N–H and O–H groups in total. The summed E-state index contributed by atoms with van der Waals surface area (Å²) in [7, 11) is 1.59. The van der Waals surface area contributed by atoms with E-state index >= 15 is 0 Å². The van der Waals surface area contributed by atoms with Crippen molar-refractivity contribution in [2.24, 2.45) is 5.92 Å². The molecule has 0 spiro atoms. The molecule has 5 heteroatoms. The Morgan fingerprint density at radius 3 is 2.69 bits per heavy atom. The summed E-state index contributed by atoms with van der Waals surface area (Å²) in [5.74, 6) is 1.71. The van der Waals surface area contributed by atoms with Crippen molar-refractivity contribution in [2.75, 3.05) is 12.4 Å². The third-order valence-corrected chi connectivity index (χ3v) is 3.01. The summed E-state index contributed by atoms with van der Waals surface area (Å²) < 4.78 is 5.89. The Morgan fingerprint density at radius 1 is 1.50 bits per heavy atom. The van der Waals surface area contributed by atoms with Crippen LogP contribution in [0.15, 0.2) is 10.7 Å². The van der Waals surface area contributed by atoms with E-state index in [1.54, 1.807) is 13.3 Å². The Labute approximate surface area is 105 Å². The molecule has 1 rings (SSSR count). The predicted molar refractivity (Wildman–Crippen MR) is 68.8 cm³/mol. The smallest absolute Gasteiger partial charge is 0.232 e. The summed E-state index contributed by atoms with van der Waals surface area (Å²) in [5.41, 5.74) is 0. The Morgan fingerprint density at radius 2 is 2.19 bits per heavy atom. The molecule has 0 radical (unpaired) electrons. The highest BCUT2D eigenvalue weighted by Crippen LogP contribution is 2.22. The highest BCUT2D eigenvalue weighted by molar-refractivity contribution is 9.10. The fourth-order valence-electron chi connectivity index (χ4n) is 1.47. The van der Waals surface area contributed by atoms with E-state index in [0.29, 0.717) is 23.8 Å². The summed E-state index contributed by atoms with van der Waals surface area (Å²) in [6, 6.07) is 0.380. The third kappa shape index (κ3) is 3.33. The second-order valence-electron chi connectivity index (χ2n) is 3.95. The van der Waals surface area contributed by atoms with E-state index in [4.69, 9.17) is 4.74 Å². The lowest BCUT2D eigenvalue weighted by atomic mass is 10.0. The molecule has 1 unspecified atom stereocenters. The first-order valence-corrected chi connectivity index (χ1v) is 6.20. The second kappa shape index (κ2) is 6.03. The fraction of sp³-hybridized carbons (Fsp3) is 0.636. The van der Waals surface area contributed by atoms with E-state index in [-0.39, 0.29) is 0 Å². The zero-order valence-electron chi connectivity index (χ0n) is 10.1. The molecule has 1 aromatic heterocycles. The monoisotopic (exact) mass is 287 g/mol. The van der Waals surface area contributed by atoms with Crippen molar-refractivity contribution in [1.29, 1.82) is 0 Å². The number of anilines is 1. The van der Waals surface area contributed by atoms with Gasteiger partial charge >= 0.3 is 0 Å². The van der Waals surface area contributed by atoms with Gasteiger partial charge in [0, 0.05) is 6.04 Å². The molecule has 0 aliphatic rings. The van der Waals surface area contributed by atoms with Gasteiger partial charge in [0.15, 0.2) is 0 Å². The van der Waals surface area contributed by atoms with Crippen molar-refractivity contribution >= 4 is 21.9 Å². The summed E-state index contributed by atoms with van der Waals surface area (Å²) in [5, 5.41) is 3.31. The average Bonchev–Trinajstić information content (AvgIpc) is 2.27. The van der Waals surface area contributed by atoms with Crippen molar-refractivity contribution in [3.8, 4) is 5.88 Å². The van der Waals surface area contributed by atoms with Crippen LogP contribution in [0.1, 0.15) is 27.2 Å². The van der Waals surface area contributed by atoms with E-state index in [1.165, 1.54) is 0 Å². The quantitative estimate of drug-likeness (QED) is 0.904. The SMILES string of the molecule is CCC(Nc1ncc(Br)c(OC)n1)C(C)C. The number of nitrogens with one attached hydrogen (secondary N) is 1. The molecule has 0 saturated heterocycles. The number of nitrogens with zero attached hydrogens (tertiary/aromatic N) is 2. The number of aromatic nitrogens is 2. The Hall–Kier alpha value is -0.840. The van der Waals surface area contributed by atoms with Crippen LogP contribution in [0.4, 0.5) is 5.95 Å². The Balaban J connectivity index is 2.80. The van der Waals surface area contributed by atoms with Gasteiger partial charge in [-0.1, -0.05) is 20.8 Å². The van der Waals surface area contributed by atoms with Crippen molar-refractivity contribution in [3.05, 3.63) is 10.7 Å². The molecule has 1 atom stereocenters. The van der Waals surface area contributed by atoms with Gasteiger partial charge in [-0.15, -0.1) is 0 Å². The first-order chi connectivity index (χ1) is 7.58. The molecule has 0 fully saturated rings. The van der Waals surface area contributed by atoms with Gasteiger partial charge in [0.2, 0.25) is 11.8 Å². The molecule has 0 saturated carbocycles. The summed E-state index contributed by atoms with van der Waals surface area (Å²) in [4.78, 5) is 8.48. The molecule has 0 aromatic carbocycles.